The number of amides is 1. The monoisotopic (exact) mass is 334 g/mol. The Labute approximate surface area is 138 Å². The van der Waals surface area contributed by atoms with Crippen LogP contribution < -0.4 is 0 Å². The molecule has 7 heteroatoms. The molecule has 1 N–H and O–H groups in total. The number of aromatic nitrogens is 3. The first-order chi connectivity index (χ1) is 11.2. The van der Waals surface area contributed by atoms with Crippen molar-refractivity contribution < 1.29 is 9.18 Å². The standard InChI is InChI=1S/C16H19FN4OS/c1-2-14-18-16(20-19-14)23-10-15(22)21-8-7-12(9-21)11-3-5-13(17)6-4-11/h3-6,12H,2,7-10H2,1H3,(H,18,19,20)/t12-/m0/s1. The highest BCUT2D eigenvalue weighted by molar-refractivity contribution is 7.99. The molecular formula is C16H19FN4OS. The first-order valence-electron chi connectivity index (χ1n) is 7.73. The second-order valence-corrected chi connectivity index (χ2v) is 6.53. The van der Waals surface area contributed by atoms with E-state index in [9.17, 15) is 9.18 Å². The first kappa shape index (κ1) is 16.0. The predicted octanol–water partition coefficient (Wildman–Crippen LogP) is 2.61. The summed E-state index contributed by atoms with van der Waals surface area (Å²) in [6, 6.07) is 6.57. The highest BCUT2D eigenvalue weighted by atomic mass is 32.2. The molecule has 1 fully saturated rings. The summed E-state index contributed by atoms with van der Waals surface area (Å²) in [6.07, 6.45) is 1.72. The van der Waals surface area contributed by atoms with Gasteiger partial charge in [-0.2, -0.15) is 0 Å². The van der Waals surface area contributed by atoms with Crippen molar-refractivity contribution in [2.75, 3.05) is 18.8 Å². The van der Waals surface area contributed by atoms with Crippen molar-refractivity contribution in [2.24, 2.45) is 0 Å². The minimum absolute atomic E-state index is 0.0995. The predicted molar refractivity (Wildman–Crippen MR) is 86.8 cm³/mol. The largest absolute Gasteiger partial charge is 0.341 e. The lowest BCUT2D eigenvalue weighted by molar-refractivity contribution is -0.127. The molecule has 5 nitrogen and oxygen atoms in total. The number of aryl methyl sites for hydroxylation is 1. The van der Waals surface area contributed by atoms with E-state index in [1.807, 2.05) is 24.0 Å². The summed E-state index contributed by atoms with van der Waals surface area (Å²) in [4.78, 5) is 18.5. The number of hydrogen-bond donors (Lipinski definition) is 1. The number of aromatic amines is 1. The molecule has 1 aliphatic rings. The van der Waals surface area contributed by atoms with Crippen LogP contribution in [0, 0.1) is 5.82 Å². The van der Waals surface area contributed by atoms with Crippen molar-refractivity contribution in [1.82, 2.24) is 20.1 Å². The second kappa shape index (κ2) is 7.12. The number of hydrogen-bond acceptors (Lipinski definition) is 4. The zero-order valence-corrected chi connectivity index (χ0v) is 13.8. The fraction of sp³-hybridized carbons (Fsp3) is 0.438. The molecule has 0 bridgehead atoms. The van der Waals surface area contributed by atoms with Crippen molar-refractivity contribution in [3.8, 4) is 0 Å². The summed E-state index contributed by atoms with van der Waals surface area (Å²) < 4.78 is 13.0. The number of thioether (sulfide) groups is 1. The molecule has 2 heterocycles. The number of nitrogens with zero attached hydrogens (tertiary/aromatic N) is 3. The van der Waals surface area contributed by atoms with Crippen LogP contribution in [0.1, 0.15) is 30.7 Å². The fourth-order valence-electron chi connectivity index (χ4n) is 2.71. The Morgan fingerprint density at radius 2 is 2.22 bits per heavy atom. The summed E-state index contributed by atoms with van der Waals surface area (Å²) in [6.45, 7) is 3.44. The molecule has 1 amide bonds. The molecule has 1 aromatic carbocycles. The van der Waals surface area contributed by atoms with Crippen molar-refractivity contribution in [1.29, 1.82) is 0 Å². The van der Waals surface area contributed by atoms with E-state index >= 15 is 0 Å². The average molecular weight is 334 g/mol. The lowest BCUT2D eigenvalue weighted by atomic mass is 9.99. The smallest absolute Gasteiger partial charge is 0.233 e. The van der Waals surface area contributed by atoms with Gasteiger partial charge in [-0.15, -0.1) is 5.10 Å². The van der Waals surface area contributed by atoms with Crippen LogP contribution in [0.4, 0.5) is 4.39 Å². The third kappa shape index (κ3) is 3.90. The molecule has 122 valence electrons. The number of H-pyrrole nitrogens is 1. The van der Waals surface area contributed by atoms with Crippen molar-refractivity contribution in [2.45, 2.75) is 30.8 Å². The van der Waals surface area contributed by atoms with Gasteiger partial charge in [-0.25, -0.2) is 9.37 Å². The number of carbonyl (C=O) groups excluding carboxylic acids is 1. The normalized spacial score (nSPS) is 17.7. The van der Waals surface area contributed by atoms with Crippen LogP contribution in [0.25, 0.3) is 0 Å². The number of likely N-dealkylation sites (tertiary alicyclic amines) is 1. The number of halogens is 1. The van der Waals surface area contributed by atoms with E-state index in [0.29, 0.717) is 23.4 Å². The number of rotatable bonds is 5. The van der Waals surface area contributed by atoms with Crippen LogP contribution in [0.5, 0.6) is 0 Å². The van der Waals surface area contributed by atoms with E-state index in [1.54, 1.807) is 0 Å². The molecule has 0 radical (unpaired) electrons. The van der Waals surface area contributed by atoms with Crippen molar-refractivity contribution in [3.63, 3.8) is 0 Å². The molecule has 23 heavy (non-hydrogen) atoms. The summed E-state index contributed by atoms with van der Waals surface area (Å²) in [5.74, 6) is 1.34. The average Bonchev–Trinajstić information content (AvgIpc) is 3.22. The van der Waals surface area contributed by atoms with Gasteiger partial charge in [0, 0.05) is 25.4 Å². The Kier molecular flexibility index (Phi) is 4.95. The zero-order valence-electron chi connectivity index (χ0n) is 13.0. The topological polar surface area (TPSA) is 61.9 Å². The quantitative estimate of drug-likeness (QED) is 0.854. The number of benzene rings is 1. The molecule has 0 aliphatic carbocycles. The molecule has 1 aliphatic heterocycles. The molecule has 3 rings (SSSR count). The lowest BCUT2D eigenvalue weighted by Crippen LogP contribution is -2.30. The molecule has 0 unspecified atom stereocenters. The number of nitrogens with one attached hydrogen (secondary N) is 1. The van der Waals surface area contributed by atoms with E-state index in [4.69, 9.17) is 0 Å². The third-order valence-corrected chi connectivity index (χ3v) is 4.89. The summed E-state index contributed by atoms with van der Waals surface area (Å²) in [5.41, 5.74) is 1.09. The Balaban J connectivity index is 1.51. The summed E-state index contributed by atoms with van der Waals surface area (Å²) >= 11 is 1.36. The van der Waals surface area contributed by atoms with E-state index in [2.05, 4.69) is 15.2 Å². The van der Waals surface area contributed by atoms with Crippen LogP contribution in [0.3, 0.4) is 0 Å². The van der Waals surface area contributed by atoms with Gasteiger partial charge in [0.2, 0.25) is 11.1 Å². The van der Waals surface area contributed by atoms with E-state index in [1.165, 1.54) is 23.9 Å². The van der Waals surface area contributed by atoms with Gasteiger partial charge in [0.15, 0.2) is 0 Å². The molecule has 1 atom stereocenters. The maximum atomic E-state index is 13.0. The Morgan fingerprint density at radius 3 is 2.91 bits per heavy atom. The minimum atomic E-state index is -0.228. The van der Waals surface area contributed by atoms with Crippen LogP contribution in [0.15, 0.2) is 29.4 Å². The van der Waals surface area contributed by atoms with Gasteiger partial charge in [-0.3, -0.25) is 9.89 Å². The van der Waals surface area contributed by atoms with Crippen LogP contribution in [-0.4, -0.2) is 44.8 Å². The highest BCUT2D eigenvalue weighted by Gasteiger charge is 2.27. The third-order valence-electron chi connectivity index (χ3n) is 4.05. The molecular weight excluding hydrogens is 315 g/mol. The number of carbonyl (C=O) groups is 1. The van der Waals surface area contributed by atoms with Crippen molar-refractivity contribution >= 4 is 17.7 Å². The molecule has 1 saturated heterocycles. The van der Waals surface area contributed by atoms with Crippen LogP contribution in [0.2, 0.25) is 0 Å². The first-order valence-corrected chi connectivity index (χ1v) is 8.71. The molecule has 1 aromatic heterocycles. The van der Waals surface area contributed by atoms with Gasteiger partial charge in [0.05, 0.1) is 5.75 Å². The zero-order chi connectivity index (χ0) is 16.2. The minimum Gasteiger partial charge on any atom is -0.341 e. The van der Waals surface area contributed by atoms with Crippen LogP contribution >= 0.6 is 11.8 Å². The summed E-state index contributed by atoms with van der Waals surface area (Å²) in [7, 11) is 0. The maximum absolute atomic E-state index is 13.0. The molecule has 2 aromatic rings. The maximum Gasteiger partial charge on any atom is 0.233 e. The molecule has 0 spiro atoms. The van der Waals surface area contributed by atoms with Gasteiger partial charge >= 0.3 is 0 Å². The highest BCUT2D eigenvalue weighted by Crippen LogP contribution is 2.28. The van der Waals surface area contributed by atoms with Gasteiger partial charge in [-0.05, 0) is 24.1 Å². The van der Waals surface area contributed by atoms with Gasteiger partial charge in [0.1, 0.15) is 11.6 Å². The fourth-order valence-corrected chi connectivity index (χ4v) is 3.43. The van der Waals surface area contributed by atoms with Gasteiger partial charge in [-0.1, -0.05) is 30.8 Å². The van der Waals surface area contributed by atoms with E-state index < -0.39 is 0 Å². The van der Waals surface area contributed by atoms with Crippen LogP contribution in [-0.2, 0) is 11.2 Å². The van der Waals surface area contributed by atoms with E-state index in [-0.39, 0.29) is 11.7 Å². The SMILES string of the molecule is CCc1nc(SCC(=O)N2CC[C@H](c3ccc(F)cc3)C2)n[nH]1. The van der Waals surface area contributed by atoms with Gasteiger partial charge in [0.25, 0.3) is 0 Å². The molecule has 0 saturated carbocycles. The Hall–Kier alpha value is -1.89. The Morgan fingerprint density at radius 1 is 1.43 bits per heavy atom. The van der Waals surface area contributed by atoms with Gasteiger partial charge < -0.3 is 4.90 Å². The second-order valence-electron chi connectivity index (χ2n) is 5.58. The lowest BCUT2D eigenvalue weighted by Gasteiger charge is -2.16. The van der Waals surface area contributed by atoms with Crippen molar-refractivity contribution in [3.05, 3.63) is 41.5 Å². The Bertz CT molecular complexity index is 673. The summed E-state index contributed by atoms with van der Waals surface area (Å²) in [5, 5.41) is 7.54. The van der Waals surface area contributed by atoms with E-state index in [0.717, 1.165) is 30.8 Å².